The van der Waals surface area contributed by atoms with Crippen LogP contribution in [0.3, 0.4) is 0 Å². The molecular formula is C15H19F3N2O3S. The van der Waals surface area contributed by atoms with Crippen LogP contribution in [0.1, 0.15) is 37.6 Å². The van der Waals surface area contributed by atoms with Crippen LogP contribution < -0.4 is 15.4 Å². The molecule has 0 bridgehead atoms. The Labute approximate surface area is 141 Å². The molecule has 1 saturated carbocycles. The number of alkyl halides is 3. The number of aliphatic hydroxyl groups excluding tert-OH is 1. The number of thiophene rings is 1. The number of carbonyl (C=O) groups excluding carboxylic acids is 1. The van der Waals surface area contributed by atoms with Crippen LogP contribution in [-0.4, -0.2) is 35.1 Å². The molecule has 0 aromatic carbocycles. The summed E-state index contributed by atoms with van der Waals surface area (Å²) in [6.45, 7) is 3.43. The molecule has 1 aromatic rings. The molecule has 134 valence electrons. The van der Waals surface area contributed by atoms with E-state index in [1.54, 1.807) is 25.3 Å². The van der Waals surface area contributed by atoms with Gasteiger partial charge >= 0.3 is 12.2 Å². The number of aliphatic hydroxyl groups is 1. The second-order valence-corrected chi connectivity index (χ2v) is 7.75. The Morgan fingerprint density at radius 2 is 2.04 bits per heavy atom. The fourth-order valence-corrected chi connectivity index (χ4v) is 3.92. The maximum Gasteiger partial charge on any atom is 0.391 e. The number of hydrogen-bond donors (Lipinski definition) is 3. The molecule has 0 spiro atoms. The third kappa shape index (κ3) is 3.19. The number of fused-ring (bicyclic) bond motifs is 1. The Hall–Kier alpha value is -1.48. The first kappa shape index (κ1) is 17.3. The molecule has 2 heterocycles. The Bertz CT molecular complexity index is 626. The molecule has 0 saturated heterocycles. The van der Waals surface area contributed by atoms with Crippen LogP contribution in [0.5, 0.6) is 5.75 Å². The predicted molar refractivity (Wildman–Crippen MR) is 82.0 cm³/mol. The van der Waals surface area contributed by atoms with E-state index in [0.29, 0.717) is 10.6 Å². The van der Waals surface area contributed by atoms with Gasteiger partial charge in [0.1, 0.15) is 17.5 Å². The van der Waals surface area contributed by atoms with E-state index < -0.39 is 41.9 Å². The number of amides is 2. The van der Waals surface area contributed by atoms with Gasteiger partial charge in [-0.3, -0.25) is 0 Å². The van der Waals surface area contributed by atoms with Crippen LogP contribution >= 0.6 is 11.3 Å². The highest BCUT2D eigenvalue weighted by Crippen LogP contribution is 2.43. The molecule has 5 nitrogen and oxygen atoms in total. The quantitative estimate of drug-likeness (QED) is 0.756. The summed E-state index contributed by atoms with van der Waals surface area (Å²) in [5.74, 6) is -0.749. The topological polar surface area (TPSA) is 70.6 Å². The van der Waals surface area contributed by atoms with Crippen LogP contribution in [0.25, 0.3) is 0 Å². The van der Waals surface area contributed by atoms with Crippen molar-refractivity contribution in [1.29, 1.82) is 0 Å². The predicted octanol–water partition coefficient (Wildman–Crippen LogP) is 2.96. The highest BCUT2D eigenvalue weighted by Gasteiger charge is 2.49. The summed E-state index contributed by atoms with van der Waals surface area (Å²) in [6, 6.07) is 0.0217. The number of halogens is 3. The summed E-state index contributed by atoms with van der Waals surface area (Å²) in [7, 11) is 0. The minimum atomic E-state index is -4.21. The average molecular weight is 364 g/mol. The molecule has 3 rings (SSSR count). The zero-order valence-corrected chi connectivity index (χ0v) is 14.0. The first-order valence-corrected chi connectivity index (χ1v) is 8.54. The van der Waals surface area contributed by atoms with E-state index in [-0.39, 0.29) is 12.8 Å². The van der Waals surface area contributed by atoms with Gasteiger partial charge in [-0.15, -0.1) is 11.3 Å². The van der Waals surface area contributed by atoms with Crippen molar-refractivity contribution in [2.45, 2.75) is 56.7 Å². The van der Waals surface area contributed by atoms with E-state index >= 15 is 0 Å². The van der Waals surface area contributed by atoms with Crippen molar-refractivity contribution in [1.82, 2.24) is 10.6 Å². The maximum absolute atomic E-state index is 12.5. The maximum atomic E-state index is 12.5. The van der Waals surface area contributed by atoms with E-state index in [1.807, 2.05) is 0 Å². The standard InChI is InChI=1S/C15H19F3N2O3S/c1-14(2)12(21)10(11-9(23-14)3-4-24-11)20-13(22)19-8-5-7(6-8)15(16,17)18/h3-4,7-8,10,12,21H,5-6H2,1-2H3,(H2,19,20,22)/t7?,8?,10-,12+/m1/s1. The molecule has 2 atom stereocenters. The SMILES string of the molecule is CC1(C)Oc2ccsc2[C@@H](NC(=O)NC2CC(C(F)(F)F)C2)[C@@H]1O. The number of hydrogen-bond acceptors (Lipinski definition) is 4. The molecule has 0 unspecified atom stereocenters. The van der Waals surface area contributed by atoms with Crippen molar-refractivity contribution in [2.24, 2.45) is 5.92 Å². The average Bonchev–Trinajstić information content (AvgIpc) is 2.84. The molecule has 2 amide bonds. The lowest BCUT2D eigenvalue weighted by Gasteiger charge is -2.41. The van der Waals surface area contributed by atoms with Crippen LogP contribution in [-0.2, 0) is 0 Å². The Balaban J connectivity index is 1.61. The van der Waals surface area contributed by atoms with Gasteiger partial charge in [0, 0.05) is 6.04 Å². The molecule has 1 aliphatic heterocycles. The number of ether oxygens (including phenoxy) is 1. The number of carbonyl (C=O) groups is 1. The fraction of sp³-hybridized carbons (Fsp3) is 0.667. The third-order valence-electron chi connectivity index (χ3n) is 4.56. The number of rotatable bonds is 2. The van der Waals surface area contributed by atoms with Gasteiger partial charge in [0.15, 0.2) is 0 Å². The minimum Gasteiger partial charge on any atom is -0.484 e. The van der Waals surface area contributed by atoms with Gasteiger partial charge in [0.05, 0.1) is 16.8 Å². The van der Waals surface area contributed by atoms with Crippen molar-refractivity contribution < 1.29 is 27.8 Å². The smallest absolute Gasteiger partial charge is 0.391 e. The van der Waals surface area contributed by atoms with Crippen molar-refractivity contribution in [3.8, 4) is 5.75 Å². The summed E-state index contributed by atoms with van der Waals surface area (Å²) in [5.41, 5.74) is -0.885. The molecule has 9 heteroatoms. The van der Waals surface area contributed by atoms with Crippen LogP contribution in [0.15, 0.2) is 11.4 Å². The molecule has 2 aliphatic rings. The summed E-state index contributed by atoms with van der Waals surface area (Å²) < 4.78 is 43.1. The van der Waals surface area contributed by atoms with E-state index in [2.05, 4.69) is 10.6 Å². The second kappa shape index (κ2) is 5.80. The van der Waals surface area contributed by atoms with Gasteiger partial charge in [-0.25, -0.2) is 4.79 Å². The lowest BCUT2D eigenvalue weighted by Crippen LogP contribution is -2.57. The van der Waals surface area contributed by atoms with Gasteiger partial charge in [-0.1, -0.05) is 0 Å². The summed E-state index contributed by atoms with van der Waals surface area (Å²) in [5, 5.41) is 17.5. The van der Waals surface area contributed by atoms with Gasteiger partial charge < -0.3 is 20.5 Å². The van der Waals surface area contributed by atoms with Gasteiger partial charge in [0.25, 0.3) is 0 Å². The number of urea groups is 1. The van der Waals surface area contributed by atoms with Crippen molar-refractivity contribution in [3.63, 3.8) is 0 Å². The Morgan fingerprint density at radius 1 is 1.38 bits per heavy atom. The first-order valence-electron chi connectivity index (χ1n) is 7.66. The zero-order chi connectivity index (χ0) is 17.7. The van der Waals surface area contributed by atoms with Crippen molar-refractivity contribution >= 4 is 17.4 Å². The number of nitrogens with one attached hydrogen (secondary N) is 2. The van der Waals surface area contributed by atoms with Crippen LogP contribution in [0.4, 0.5) is 18.0 Å². The van der Waals surface area contributed by atoms with E-state index in [1.165, 1.54) is 11.3 Å². The Kier molecular flexibility index (Phi) is 4.19. The van der Waals surface area contributed by atoms with Crippen molar-refractivity contribution in [2.75, 3.05) is 0 Å². The van der Waals surface area contributed by atoms with E-state index in [9.17, 15) is 23.1 Å². The van der Waals surface area contributed by atoms with E-state index in [0.717, 1.165) is 0 Å². The summed E-state index contributed by atoms with van der Waals surface area (Å²) in [4.78, 5) is 12.8. The summed E-state index contributed by atoms with van der Waals surface area (Å²) in [6.07, 6.45) is -5.40. The summed E-state index contributed by atoms with van der Waals surface area (Å²) >= 11 is 1.35. The molecule has 24 heavy (non-hydrogen) atoms. The monoisotopic (exact) mass is 364 g/mol. The second-order valence-electron chi connectivity index (χ2n) is 6.80. The molecular weight excluding hydrogens is 345 g/mol. The molecule has 1 aromatic heterocycles. The van der Waals surface area contributed by atoms with Crippen LogP contribution in [0.2, 0.25) is 0 Å². The highest BCUT2D eigenvalue weighted by atomic mass is 32.1. The minimum absolute atomic E-state index is 0.108. The molecule has 3 N–H and O–H groups in total. The van der Waals surface area contributed by atoms with Gasteiger partial charge in [-0.2, -0.15) is 13.2 Å². The van der Waals surface area contributed by atoms with Crippen molar-refractivity contribution in [3.05, 3.63) is 16.3 Å². The third-order valence-corrected chi connectivity index (χ3v) is 5.54. The molecule has 0 radical (unpaired) electrons. The fourth-order valence-electron chi connectivity index (χ4n) is 3.02. The van der Waals surface area contributed by atoms with E-state index in [4.69, 9.17) is 4.74 Å². The lowest BCUT2D eigenvalue weighted by atomic mass is 9.80. The normalized spacial score (nSPS) is 31.4. The zero-order valence-electron chi connectivity index (χ0n) is 13.2. The highest BCUT2D eigenvalue weighted by molar-refractivity contribution is 7.10. The lowest BCUT2D eigenvalue weighted by molar-refractivity contribution is -0.198. The van der Waals surface area contributed by atoms with Crippen LogP contribution in [0, 0.1) is 5.92 Å². The first-order chi connectivity index (χ1) is 11.1. The molecule has 1 aliphatic carbocycles. The largest absolute Gasteiger partial charge is 0.484 e. The van der Waals surface area contributed by atoms with Gasteiger partial charge in [-0.05, 0) is 38.1 Å². The molecule has 1 fully saturated rings. The Morgan fingerprint density at radius 3 is 2.67 bits per heavy atom. The van der Waals surface area contributed by atoms with Gasteiger partial charge in [0.2, 0.25) is 0 Å².